The van der Waals surface area contributed by atoms with Crippen LogP contribution in [0.25, 0.3) is 0 Å². The van der Waals surface area contributed by atoms with Gasteiger partial charge in [-0.2, -0.15) is 0 Å². The van der Waals surface area contributed by atoms with E-state index in [9.17, 15) is 69.4 Å². The van der Waals surface area contributed by atoms with Gasteiger partial charge in [-0.3, -0.25) is 25.0 Å². The molecule has 474 valence electrons. The molecule has 1 heterocycles. The van der Waals surface area contributed by atoms with Crippen molar-refractivity contribution in [1.82, 2.24) is 31.5 Å². The van der Waals surface area contributed by atoms with Crippen LogP contribution in [-0.4, -0.2) is 189 Å². The number of likely N-dealkylation sites (N-methyl/N-ethyl adjacent to an activating group) is 1. The van der Waals surface area contributed by atoms with Crippen molar-refractivity contribution in [2.24, 2.45) is 0 Å². The number of non-ortho nitro benzene ring substituents is 2. The summed E-state index contributed by atoms with van der Waals surface area (Å²) >= 11 is 0. The lowest BCUT2D eigenvalue weighted by Crippen LogP contribution is -2.68. The molecule has 31 nitrogen and oxygen atoms in total. The number of carbonyl (C=O) groups is 6. The molecule has 0 spiro atoms. The SMILES string of the molecule is C[C@@H]([C@@H](O)[C@H](OCCO)O[C@@H]1[C@@H](O)[C@H](O[C@H]2OC(CNC(=O)OCc3ccc([N+](=O)[O-])cc3)=CC[C@H]2NC(=O)OCc2ccc([N+](=O)[O-])cc2)[C@@H](NC(=O)OC(C)(C)C)C[C@H]1NC(=O)[C@@H](O)CCNC(=O)OC(C)(C)C)N(C)C(=O)OC(C)(C)C. The Labute approximate surface area is 490 Å². The highest BCUT2D eigenvalue weighted by atomic mass is 16.7. The van der Waals surface area contributed by atoms with Gasteiger partial charge in [0.25, 0.3) is 11.4 Å². The Morgan fingerprint density at radius 2 is 1.24 bits per heavy atom. The summed E-state index contributed by atoms with van der Waals surface area (Å²) in [6.07, 6.45) is -17.1. The quantitative estimate of drug-likeness (QED) is 0.0295. The molecule has 2 aromatic rings. The van der Waals surface area contributed by atoms with Gasteiger partial charge in [-0.15, -0.1) is 0 Å². The smallest absolute Gasteiger partial charge is 0.410 e. The van der Waals surface area contributed by atoms with Crippen LogP contribution in [0.1, 0.15) is 99.6 Å². The fourth-order valence-corrected chi connectivity index (χ4v) is 8.13. The minimum atomic E-state index is -2.07. The van der Waals surface area contributed by atoms with E-state index in [-0.39, 0.29) is 56.3 Å². The van der Waals surface area contributed by atoms with Gasteiger partial charge < -0.3 is 94.5 Å². The first-order chi connectivity index (χ1) is 39.6. The lowest BCUT2D eigenvalue weighted by atomic mass is 9.83. The fraction of sp³-hybridized carbons (Fsp3) is 0.630. The molecule has 31 heteroatoms. The van der Waals surface area contributed by atoms with Crippen molar-refractivity contribution < 1.29 is 102 Å². The molecular weight excluding hydrogens is 1130 g/mol. The molecule has 0 saturated heterocycles. The molecule has 1 aliphatic heterocycles. The van der Waals surface area contributed by atoms with Gasteiger partial charge in [0.2, 0.25) is 12.2 Å². The number of rotatable bonds is 25. The summed E-state index contributed by atoms with van der Waals surface area (Å²) in [4.78, 5) is 102. The molecule has 11 atom stereocenters. The molecule has 1 aliphatic carbocycles. The van der Waals surface area contributed by atoms with Gasteiger partial charge >= 0.3 is 30.5 Å². The maximum Gasteiger partial charge on any atom is 0.410 e. The Morgan fingerprint density at radius 3 is 1.76 bits per heavy atom. The van der Waals surface area contributed by atoms with Gasteiger partial charge in [0, 0.05) is 37.9 Å². The topological polar surface area (TPSA) is 416 Å². The number of ether oxygens (including phenoxy) is 9. The van der Waals surface area contributed by atoms with Crippen molar-refractivity contribution in [1.29, 1.82) is 0 Å². The average molecular weight is 1210 g/mol. The van der Waals surface area contributed by atoms with E-state index >= 15 is 0 Å². The van der Waals surface area contributed by atoms with Crippen molar-refractivity contribution in [2.45, 2.75) is 186 Å². The van der Waals surface area contributed by atoms with Crippen LogP contribution < -0.4 is 26.6 Å². The highest BCUT2D eigenvalue weighted by Gasteiger charge is 2.51. The Balaban J connectivity index is 1.75. The molecule has 0 aromatic heterocycles. The number of nitrogens with zero attached hydrogens (tertiary/aromatic N) is 3. The van der Waals surface area contributed by atoms with Gasteiger partial charge in [0.05, 0.1) is 53.8 Å². The Morgan fingerprint density at radius 1 is 0.718 bits per heavy atom. The molecule has 9 N–H and O–H groups in total. The number of amides is 6. The third kappa shape index (κ3) is 23.7. The van der Waals surface area contributed by atoms with Crippen molar-refractivity contribution in [3.63, 3.8) is 0 Å². The van der Waals surface area contributed by atoms with E-state index in [2.05, 4.69) is 26.6 Å². The Hall–Kier alpha value is -7.68. The zero-order valence-electron chi connectivity index (χ0n) is 49.3. The zero-order chi connectivity index (χ0) is 63.6. The molecule has 6 amide bonds. The second-order valence-electron chi connectivity index (χ2n) is 22.8. The Kier molecular flexibility index (Phi) is 25.8. The molecule has 0 bridgehead atoms. The predicted octanol–water partition coefficient (Wildman–Crippen LogP) is 3.79. The van der Waals surface area contributed by atoms with Crippen molar-refractivity contribution in [3.05, 3.63) is 91.7 Å². The van der Waals surface area contributed by atoms with Gasteiger partial charge in [-0.05, 0) is 130 Å². The maximum atomic E-state index is 14.0. The third-order valence-corrected chi connectivity index (χ3v) is 12.4. The first-order valence-corrected chi connectivity index (χ1v) is 27.1. The largest absolute Gasteiger partial charge is 0.465 e. The van der Waals surface area contributed by atoms with Crippen molar-refractivity contribution in [3.8, 4) is 0 Å². The van der Waals surface area contributed by atoms with E-state index in [0.29, 0.717) is 11.1 Å². The first kappa shape index (κ1) is 69.8. The van der Waals surface area contributed by atoms with E-state index in [1.807, 2.05) is 0 Å². The van der Waals surface area contributed by atoms with Gasteiger partial charge in [0.1, 0.15) is 66.3 Å². The number of nitro groups is 2. The van der Waals surface area contributed by atoms with Crippen LogP contribution >= 0.6 is 0 Å². The van der Waals surface area contributed by atoms with E-state index in [4.69, 9.17) is 42.6 Å². The van der Waals surface area contributed by atoms with E-state index in [0.717, 1.165) is 4.90 Å². The summed E-state index contributed by atoms with van der Waals surface area (Å²) in [6, 6.07) is 5.10. The second kappa shape index (κ2) is 31.5. The van der Waals surface area contributed by atoms with Gasteiger partial charge in [-0.25, -0.2) is 24.0 Å². The lowest BCUT2D eigenvalue weighted by Gasteiger charge is -2.47. The van der Waals surface area contributed by atoms with Crippen LogP contribution in [0.4, 0.5) is 35.3 Å². The summed E-state index contributed by atoms with van der Waals surface area (Å²) in [6.45, 7) is 13.5. The summed E-state index contributed by atoms with van der Waals surface area (Å²) in [7, 11) is 1.32. The van der Waals surface area contributed by atoms with E-state index in [1.54, 1.807) is 62.3 Å². The standard InChI is InChI=1S/C54H80N8O23/c1-30(60(11)51(72)85-54(8,9)10)40(65)46(77-25-24-63)82-42-37(57-44(67)39(64)22-23-55-48(69)83-52(2,3)4)26-38(59-50(71)84-53(5,6)7)43(41(42)66)81-45-36(58-49(70)79-29-32-14-18-34(19-15-32)62(75)76)21-20-35(80-45)27-56-47(68)78-28-31-12-16-33(17-13-31)61(73)74/h12-20,30,36-43,45-46,63-66H,21-29H2,1-11H3,(H,55,69)(H,56,68)(H,57,67)(H,58,70)(H,59,71)/t30-,36+,37+,38-,39-,40+,41+,42-,43+,45+,46+/m0/s1. The number of aliphatic hydroxyl groups is 4. The number of hydrogen-bond acceptors (Lipinski definition) is 23. The summed E-state index contributed by atoms with van der Waals surface area (Å²) in [5, 5.41) is 80.9. The number of carbonyl (C=O) groups excluding carboxylic acids is 6. The zero-order valence-corrected chi connectivity index (χ0v) is 49.3. The van der Waals surface area contributed by atoms with Crippen LogP contribution in [-0.2, 0) is 60.6 Å². The molecule has 0 unspecified atom stereocenters. The molecule has 2 aliphatic rings. The lowest BCUT2D eigenvalue weighted by molar-refractivity contribution is -0.385. The van der Waals surface area contributed by atoms with Crippen LogP contribution in [0, 0.1) is 20.2 Å². The average Bonchev–Trinajstić information content (AvgIpc) is 2.44. The van der Waals surface area contributed by atoms with Crippen molar-refractivity contribution in [2.75, 3.05) is 33.4 Å². The third-order valence-electron chi connectivity index (χ3n) is 12.4. The fourth-order valence-electron chi connectivity index (χ4n) is 8.13. The number of nitro benzene ring substituents is 2. The highest BCUT2D eigenvalue weighted by molar-refractivity contribution is 5.81. The molecule has 1 fully saturated rings. The van der Waals surface area contributed by atoms with Gasteiger partial charge in [-0.1, -0.05) is 0 Å². The number of alkyl carbamates (subject to hydrolysis) is 4. The highest BCUT2D eigenvalue weighted by Crippen LogP contribution is 2.32. The monoisotopic (exact) mass is 1210 g/mol. The number of nitrogens with one attached hydrogen (secondary N) is 5. The summed E-state index contributed by atoms with van der Waals surface area (Å²) in [5.74, 6) is -1.06. The molecule has 1 saturated carbocycles. The first-order valence-electron chi connectivity index (χ1n) is 27.1. The van der Waals surface area contributed by atoms with Crippen LogP contribution in [0.3, 0.4) is 0 Å². The summed E-state index contributed by atoms with van der Waals surface area (Å²) < 4.78 is 52.0. The summed E-state index contributed by atoms with van der Waals surface area (Å²) in [5.41, 5.74) is -2.52. The molecule has 0 radical (unpaired) electrons. The second-order valence-corrected chi connectivity index (χ2v) is 22.8. The number of hydrogen-bond donors (Lipinski definition) is 9. The molecule has 2 aromatic carbocycles. The number of aliphatic hydroxyl groups excluding tert-OH is 4. The van der Waals surface area contributed by atoms with E-state index < -0.39 is 150 Å². The maximum absolute atomic E-state index is 14.0. The minimum Gasteiger partial charge on any atom is -0.465 e. The van der Waals surface area contributed by atoms with Gasteiger partial charge in [0.15, 0.2) is 6.29 Å². The minimum absolute atomic E-state index is 0.00769. The number of benzene rings is 2. The molecule has 85 heavy (non-hydrogen) atoms. The van der Waals surface area contributed by atoms with Crippen molar-refractivity contribution >= 4 is 47.7 Å². The normalized spacial score (nSPS) is 21.1. The predicted molar refractivity (Wildman–Crippen MR) is 296 cm³/mol. The molecule has 4 rings (SSSR count). The van der Waals surface area contributed by atoms with Crippen LogP contribution in [0.2, 0.25) is 0 Å². The molecular formula is C54H80N8O23. The Bertz CT molecular complexity index is 2610. The van der Waals surface area contributed by atoms with E-state index in [1.165, 1.54) is 68.6 Å². The van der Waals surface area contributed by atoms with Crippen LogP contribution in [0.15, 0.2) is 60.4 Å². The van der Waals surface area contributed by atoms with Crippen LogP contribution in [0.5, 0.6) is 0 Å².